The van der Waals surface area contributed by atoms with Gasteiger partial charge in [-0.25, -0.2) is 0 Å². The van der Waals surface area contributed by atoms with Crippen molar-refractivity contribution >= 4 is 78.7 Å². The van der Waals surface area contributed by atoms with Gasteiger partial charge in [0.25, 0.3) is 0 Å². The Bertz CT molecular complexity index is 3720. The molecule has 0 bridgehead atoms. The molecule has 8 aromatic carbocycles. The smallest absolute Gasteiger partial charge is 0.394 e. The Balaban J connectivity index is 0.000000136. The molecule has 4 heterocycles. The molecule has 0 saturated heterocycles. The van der Waals surface area contributed by atoms with Crippen LogP contribution in [0, 0.1) is 0 Å². The molecule has 336 valence electrons. The van der Waals surface area contributed by atoms with Gasteiger partial charge in [-0.1, -0.05) is 162 Å². The van der Waals surface area contributed by atoms with E-state index in [9.17, 15) is 5.11 Å². The fourth-order valence-corrected chi connectivity index (χ4v) is 10.4. The van der Waals surface area contributed by atoms with Gasteiger partial charge in [0.2, 0.25) is 0 Å². The highest BCUT2D eigenvalue weighted by Crippen LogP contribution is 2.64. The van der Waals surface area contributed by atoms with Crippen LogP contribution in [-0.4, -0.2) is 22.6 Å². The first kappa shape index (κ1) is 44.0. The molecular formula is C54H32Cl4O9S. The van der Waals surface area contributed by atoms with Gasteiger partial charge in [0.15, 0.2) is 28.6 Å². The van der Waals surface area contributed by atoms with Gasteiger partial charge >= 0.3 is 10.4 Å². The van der Waals surface area contributed by atoms with Crippen LogP contribution in [0.15, 0.2) is 185 Å². The van der Waals surface area contributed by atoms with Gasteiger partial charge in [-0.15, -0.1) is 0 Å². The second-order valence-corrected chi connectivity index (χ2v) is 18.8. The molecule has 1 aliphatic carbocycles. The molecule has 2 aromatic heterocycles. The Morgan fingerprint density at radius 2 is 0.838 bits per heavy atom. The maximum absolute atomic E-state index is 12.5. The van der Waals surface area contributed by atoms with E-state index in [2.05, 4.69) is 54.6 Å². The van der Waals surface area contributed by atoms with Gasteiger partial charge < -0.3 is 23.4 Å². The average Bonchev–Trinajstić information content (AvgIpc) is 3.97. The molecule has 10 aromatic rings. The lowest BCUT2D eigenvalue weighted by atomic mass is 9.69. The molecule has 68 heavy (non-hydrogen) atoms. The molecule has 0 radical (unpaired) electrons. The van der Waals surface area contributed by atoms with Crippen LogP contribution in [0.1, 0.15) is 39.3 Å². The summed E-state index contributed by atoms with van der Waals surface area (Å²) < 4.78 is 57.1. The van der Waals surface area contributed by atoms with Crippen molar-refractivity contribution in [2.75, 3.05) is 0 Å². The summed E-state index contributed by atoms with van der Waals surface area (Å²) in [5.41, 5.74) is 7.97. The standard InChI is InChI=1S/C27H16Cl2O3.C27H14Cl2O2.H2O4S/c28-17-11-13-23-20(14-17)25-26(32-23)27(30,22-12-10-18(29)15-24(22)31-25)21-9-5-4-8-19(21)16-6-2-1-3-7-16;28-15-10-12-23-19(13-15)25-26(31-23)27(22-11-9-16(29)14-24(22)30-25)20-7-3-1-5-17(20)18-6-2-4-8-21(18)27;1-5(2,3)4/h1-15,30H;1-14H;(H2,1,2,3,4). The molecule has 3 aliphatic rings. The third-order valence-corrected chi connectivity index (χ3v) is 13.3. The molecule has 14 heteroatoms. The zero-order valence-corrected chi connectivity index (χ0v) is 38.8. The van der Waals surface area contributed by atoms with Crippen molar-refractivity contribution in [2.24, 2.45) is 0 Å². The first-order chi connectivity index (χ1) is 32.7. The molecule has 13 rings (SSSR count). The van der Waals surface area contributed by atoms with Crippen molar-refractivity contribution in [2.45, 2.75) is 11.0 Å². The predicted octanol–water partition coefficient (Wildman–Crippen LogP) is 15.4. The monoisotopic (exact) mass is 996 g/mol. The van der Waals surface area contributed by atoms with E-state index in [0.29, 0.717) is 65.2 Å². The minimum Gasteiger partial charge on any atom is -0.455 e. The van der Waals surface area contributed by atoms with Crippen molar-refractivity contribution < 1.29 is 40.9 Å². The highest BCUT2D eigenvalue weighted by Gasteiger charge is 2.54. The van der Waals surface area contributed by atoms with Gasteiger partial charge in [-0.3, -0.25) is 9.11 Å². The maximum Gasteiger partial charge on any atom is 0.394 e. The van der Waals surface area contributed by atoms with Crippen LogP contribution in [0.4, 0.5) is 0 Å². The second-order valence-electron chi connectivity index (χ2n) is 16.2. The zero-order valence-electron chi connectivity index (χ0n) is 35.0. The summed E-state index contributed by atoms with van der Waals surface area (Å²) in [4.78, 5) is 0. The number of halogens is 4. The molecule has 2 aliphatic heterocycles. The van der Waals surface area contributed by atoms with E-state index in [-0.39, 0.29) is 0 Å². The van der Waals surface area contributed by atoms with Crippen LogP contribution in [0.5, 0.6) is 23.0 Å². The zero-order chi connectivity index (χ0) is 47.1. The summed E-state index contributed by atoms with van der Waals surface area (Å²) in [7, 11) is -4.67. The number of rotatable bonds is 2. The lowest BCUT2D eigenvalue weighted by Crippen LogP contribution is -2.32. The topological polar surface area (TPSA) is 140 Å². The Morgan fingerprint density at radius 1 is 0.426 bits per heavy atom. The molecular weight excluding hydrogens is 966 g/mol. The van der Waals surface area contributed by atoms with Gasteiger partial charge in [-0.2, -0.15) is 8.42 Å². The van der Waals surface area contributed by atoms with E-state index in [1.807, 2.05) is 84.9 Å². The van der Waals surface area contributed by atoms with E-state index in [4.69, 9.17) is 82.2 Å². The number of furan rings is 2. The van der Waals surface area contributed by atoms with Gasteiger partial charge in [0.1, 0.15) is 28.1 Å². The Labute approximate surface area is 408 Å². The molecule has 1 unspecified atom stereocenters. The highest BCUT2D eigenvalue weighted by atomic mass is 35.5. The molecule has 0 saturated carbocycles. The first-order valence-electron chi connectivity index (χ1n) is 20.9. The van der Waals surface area contributed by atoms with E-state index in [0.717, 1.165) is 39.2 Å². The van der Waals surface area contributed by atoms with E-state index < -0.39 is 21.4 Å². The molecule has 0 fully saturated rings. The second kappa shape index (κ2) is 16.6. The summed E-state index contributed by atoms with van der Waals surface area (Å²) in [6.07, 6.45) is 0. The average molecular weight is 999 g/mol. The SMILES string of the molecule is Clc1ccc2c(c1)Oc1c(oc3ccc(Cl)cc13)C21c2ccccc2-c2ccccc21.O=S(=O)(O)O.OC1(c2ccccc2-c2ccccc2)c2ccc(Cl)cc2Oc2c1oc1ccc(Cl)cc21. The van der Waals surface area contributed by atoms with E-state index in [1.54, 1.807) is 36.4 Å². The van der Waals surface area contributed by atoms with Gasteiger partial charge in [-0.05, 0) is 94.0 Å². The van der Waals surface area contributed by atoms with Crippen molar-refractivity contribution in [1.29, 1.82) is 0 Å². The normalized spacial score (nSPS) is 15.5. The first-order valence-corrected chi connectivity index (χ1v) is 23.8. The largest absolute Gasteiger partial charge is 0.455 e. The Hall–Kier alpha value is -6.57. The summed E-state index contributed by atoms with van der Waals surface area (Å²) in [6, 6.07) is 56.8. The number of benzene rings is 8. The molecule has 0 amide bonds. The van der Waals surface area contributed by atoms with Crippen molar-refractivity contribution in [3.63, 3.8) is 0 Å². The van der Waals surface area contributed by atoms with Gasteiger partial charge in [0, 0.05) is 36.8 Å². The number of fused-ring (bicyclic) bond motifs is 15. The van der Waals surface area contributed by atoms with Crippen LogP contribution in [0.2, 0.25) is 20.1 Å². The summed E-state index contributed by atoms with van der Waals surface area (Å²) in [6.45, 7) is 0. The van der Waals surface area contributed by atoms with E-state index >= 15 is 0 Å². The highest BCUT2D eigenvalue weighted by molar-refractivity contribution is 7.79. The predicted molar refractivity (Wildman–Crippen MR) is 265 cm³/mol. The number of hydrogen-bond acceptors (Lipinski definition) is 7. The van der Waals surface area contributed by atoms with Gasteiger partial charge in [0.05, 0.1) is 10.8 Å². The minimum absolute atomic E-state index is 0.313. The summed E-state index contributed by atoms with van der Waals surface area (Å²) in [5.74, 6) is 3.42. The molecule has 1 spiro atoms. The summed E-state index contributed by atoms with van der Waals surface area (Å²) >= 11 is 25.3. The van der Waals surface area contributed by atoms with Crippen LogP contribution in [0.25, 0.3) is 44.2 Å². The lowest BCUT2D eigenvalue weighted by molar-refractivity contribution is 0.0883. The fourth-order valence-electron chi connectivity index (χ4n) is 9.72. The Morgan fingerprint density at radius 3 is 1.40 bits per heavy atom. The third-order valence-electron chi connectivity index (χ3n) is 12.3. The fraction of sp³-hybridized carbons (Fsp3) is 0.0370. The quantitative estimate of drug-likeness (QED) is 0.144. The van der Waals surface area contributed by atoms with Crippen molar-refractivity contribution in [3.8, 4) is 45.3 Å². The van der Waals surface area contributed by atoms with Crippen LogP contribution in [-0.2, 0) is 21.4 Å². The Kier molecular flexibility index (Phi) is 10.7. The maximum atomic E-state index is 12.5. The molecule has 1 atom stereocenters. The minimum atomic E-state index is -4.67. The van der Waals surface area contributed by atoms with E-state index in [1.165, 1.54) is 22.3 Å². The number of ether oxygens (including phenoxy) is 2. The lowest BCUT2D eigenvalue weighted by Gasteiger charge is -2.36. The van der Waals surface area contributed by atoms with Crippen molar-refractivity contribution in [3.05, 3.63) is 235 Å². The van der Waals surface area contributed by atoms with Crippen LogP contribution >= 0.6 is 46.4 Å². The number of aliphatic hydroxyl groups is 1. The van der Waals surface area contributed by atoms with Crippen LogP contribution in [0.3, 0.4) is 0 Å². The molecule has 3 N–H and O–H groups in total. The van der Waals surface area contributed by atoms with Crippen molar-refractivity contribution in [1.82, 2.24) is 0 Å². The van der Waals surface area contributed by atoms with Crippen LogP contribution < -0.4 is 9.47 Å². The number of hydrogen-bond donors (Lipinski definition) is 3. The molecule has 9 nitrogen and oxygen atoms in total. The summed E-state index contributed by atoms with van der Waals surface area (Å²) in [5, 5.41) is 16.4. The third kappa shape index (κ3) is 7.15.